The van der Waals surface area contributed by atoms with Gasteiger partial charge in [0.25, 0.3) is 0 Å². The van der Waals surface area contributed by atoms with Crippen molar-refractivity contribution in [1.82, 2.24) is 9.80 Å². The molecule has 2 rings (SSSR count). The van der Waals surface area contributed by atoms with Crippen LogP contribution in [0.15, 0.2) is 0 Å². The molecule has 2 fully saturated rings. The first-order valence-electron chi connectivity index (χ1n) is 8.71. The molecule has 0 saturated carbocycles. The lowest BCUT2D eigenvalue weighted by molar-refractivity contribution is -0.0390. The van der Waals surface area contributed by atoms with Crippen molar-refractivity contribution < 1.29 is 5.11 Å². The molecule has 2 aliphatic heterocycles. The van der Waals surface area contributed by atoms with Gasteiger partial charge in [-0.05, 0) is 77.9 Å². The number of hydrogen-bond acceptors (Lipinski definition) is 3. The van der Waals surface area contributed by atoms with E-state index in [1.807, 2.05) is 0 Å². The van der Waals surface area contributed by atoms with Crippen LogP contribution in [0.2, 0.25) is 0 Å². The monoisotopic (exact) mass is 282 g/mol. The fourth-order valence-electron chi connectivity index (χ4n) is 3.77. The molecular weight excluding hydrogens is 248 g/mol. The smallest absolute Gasteiger partial charge is 0.0672 e. The van der Waals surface area contributed by atoms with Crippen LogP contribution in [0.3, 0.4) is 0 Å². The van der Waals surface area contributed by atoms with Gasteiger partial charge in [-0.3, -0.25) is 0 Å². The van der Waals surface area contributed by atoms with Crippen molar-refractivity contribution in [2.75, 3.05) is 32.7 Å². The highest BCUT2D eigenvalue weighted by molar-refractivity contribution is 4.87. The van der Waals surface area contributed by atoms with Crippen LogP contribution >= 0.6 is 0 Å². The third kappa shape index (κ3) is 4.44. The van der Waals surface area contributed by atoms with Crippen LogP contribution in [0, 0.1) is 5.92 Å². The quantitative estimate of drug-likeness (QED) is 0.840. The van der Waals surface area contributed by atoms with Crippen molar-refractivity contribution in [3.05, 3.63) is 0 Å². The number of nitrogens with zero attached hydrogens (tertiary/aromatic N) is 2. The van der Waals surface area contributed by atoms with Crippen molar-refractivity contribution in [3.63, 3.8) is 0 Å². The number of piperidine rings is 2. The van der Waals surface area contributed by atoms with E-state index in [0.29, 0.717) is 6.04 Å². The summed E-state index contributed by atoms with van der Waals surface area (Å²) in [7, 11) is 0. The standard InChI is InChI=1S/C17H34N2O/c1-4-18-11-6-16(7-12-18)5-8-17(20)9-13-19(14-10-17)15(2)3/h15-16,20H,4-14H2,1-3H3. The molecule has 0 aromatic heterocycles. The highest BCUT2D eigenvalue weighted by Crippen LogP contribution is 2.31. The van der Waals surface area contributed by atoms with E-state index in [1.165, 1.54) is 38.9 Å². The highest BCUT2D eigenvalue weighted by atomic mass is 16.3. The Morgan fingerprint density at radius 3 is 2.20 bits per heavy atom. The number of likely N-dealkylation sites (tertiary alicyclic amines) is 2. The van der Waals surface area contributed by atoms with E-state index in [0.717, 1.165) is 38.3 Å². The first-order valence-corrected chi connectivity index (χ1v) is 8.71. The number of aliphatic hydroxyl groups is 1. The maximum atomic E-state index is 10.8. The van der Waals surface area contributed by atoms with Gasteiger partial charge >= 0.3 is 0 Å². The maximum Gasteiger partial charge on any atom is 0.0672 e. The summed E-state index contributed by atoms with van der Waals surface area (Å²) in [6.45, 7) is 12.6. The Hall–Kier alpha value is -0.120. The fraction of sp³-hybridized carbons (Fsp3) is 1.00. The molecule has 2 saturated heterocycles. The third-order valence-electron chi connectivity index (χ3n) is 5.63. The Labute approximate surface area is 125 Å². The van der Waals surface area contributed by atoms with Crippen LogP contribution in [-0.4, -0.2) is 59.3 Å². The van der Waals surface area contributed by atoms with E-state index in [-0.39, 0.29) is 5.60 Å². The van der Waals surface area contributed by atoms with E-state index >= 15 is 0 Å². The average molecular weight is 282 g/mol. The van der Waals surface area contributed by atoms with E-state index in [2.05, 4.69) is 30.6 Å². The Bertz CT molecular complexity index is 277. The second-order valence-electron chi connectivity index (χ2n) is 7.27. The predicted octanol–water partition coefficient (Wildman–Crippen LogP) is 2.73. The average Bonchev–Trinajstić information content (AvgIpc) is 2.46. The topological polar surface area (TPSA) is 26.7 Å². The Balaban J connectivity index is 1.69. The van der Waals surface area contributed by atoms with Crippen molar-refractivity contribution in [2.24, 2.45) is 5.92 Å². The van der Waals surface area contributed by atoms with E-state index in [4.69, 9.17) is 0 Å². The normalized spacial score (nSPS) is 26.2. The lowest BCUT2D eigenvalue weighted by atomic mass is 9.82. The second-order valence-corrected chi connectivity index (χ2v) is 7.27. The van der Waals surface area contributed by atoms with Crippen LogP contribution in [0.4, 0.5) is 0 Å². The van der Waals surface area contributed by atoms with Crippen molar-refractivity contribution in [1.29, 1.82) is 0 Å². The van der Waals surface area contributed by atoms with Crippen LogP contribution in [0.1, 0.15) is 59.3 Å². The first-order chi connectivity index (χ1) is 9.52. The zero-order chi connectivity index (χ0) is 14.6. The van der Waals surface area contributed by atoms with E-state index in [9.17, 15) is 5.11 Å². The lowest BCUT2D eigenvalue weighted by Crippen LogP contribution is -2.47. The minimum atomic E-state index is -0.368. The second kappa shape index (κ2) is 7.24. The van der Waals surface area contributed by atoms with Crippen molar-refractivity contribution >= 4 is 0 Å². The van der Waals surface area contributed by atoms with Gasteiger partial charge in [0.2, 0.25) is 0 Å². The summed E-state index contributed by atoms with van der Waals surface area (Å²) in [4.78, 5) is 5.04. The van der Waals surface area contributed by atoms with Gasteiger partial charge in [0.05, 0.1) is 5.60 Å². The zero-order valence-electron chi connectivity index (χ0n) is 13.8. The molecule has 0 atom stereocenters. The summed E-state index contributed by atoms with van der Waals surface area (Å²) >= 11 is 0. The summed E-state index contributed by atoms with van der Waals surface area (Å²) in [6, 6.07) is 0.623. The molecule has 118 valence electrons. The SMILES string of the molecule is CCN1CCC(CCC2(O)CCN(C(C)C)CC2)CC1. The van der Waals surface area contributed by atoms with Gasteiger partial charge in [0, 0.05) is 19.1 Å². The summed E-state index contributed by atoms with van der Waals surface area (Å²) in [5, 5.41) is 10.8. The third-order valence-corrected chi connectivity index (χ3v) is 5.63. The molecule has 0 amide bonds. The van der Waals surface area contributed by atoms with Crippen molar-refractivity contribution in [2.45, 2.75) is 70.9 Å². The van der Waals surface area contributed by atoms with Crippen LogP contribution in [0.5, 0.6) is 0 Å². The summed E-state index contributed by atoms with van der Waals surface area (Å²) in [6.07, 6.45) is 6.87. The summed E-state index contributed by atoms with van der Waals surface area (Å²) in [5.74, 6) is 0.852. The molecule has 1 N–H and O–H groups in total. The molecule has 3 nitrogen and oxygen atoms in total. The fourth-order valence-corrected chi connectivity index (χ4v) is 3.77. The minimum absolute atomic E-state index is 0.368. The Morgan fingerprint density at radius 1 is 1.10 bits per heavy atom. The molecule has 0 aromatic rings. The van der Waals surface area contributed by atoms with Crippen LogP contribution < -0.4 is 0 Å². The first kappa shape index (κ1) is 16.3. The van der Waals surface area contributed by atoms with E-state index < -0.39 is 0 Å². The van der Waals surface area contributed by atoms with Gasteiger partial charge < -0.3 is 14.9 Å². The van der Waals surface area contributed by atoms with Gasteiger partial charge in [-0.25, -0.2) is 0 Å². The summed E-state index contributed by atoms with van der Waals surface area (Å²) < 4.78 is 0. The predicted molar refractivity (Wildman–Crippen MR) is 85.0 cm³/mol. The molecule has 0 spiro atoms. The molecule has 0 aromatic carbocycles. The maximum absolute atomic E-state index is 10.8. The molecule has 0 bridgehead atoms. The Kier molecular flexibility index (Phi) is 5.88. The van der Waals surface area contributed by atoms with Gasteiger partial charge in [0.1, 0.15) is 0 Å². The minimum Gasteiger partial charge on any atom is -0.390 e. The molecule has 0 unspecified atom stereocenters. The van der Waals surface area contributed by atoms with Gasteiger partial charge in [-0.15, -0.1) is 0 Å². The van der Waals surface area contributed by atoms with Gasteiger partial charge in [0.15, 0.2) is 0 Å². The zero-order valence-corrected chi connectivity index (χ0v) is 13.8. The van der Waals surface area contributed by atoms with Gasteiger partial charge in [-0.1, -0.05) is 6.92 Å². The number of rotatable bonds is 5. The Morgan fingerprint density at radius 2 is 1.70 bits per heavy atom. The van der Waals surface area contributed by atoms with Crippen LogP contribution in [-0.2, 0) is 0 Å². The molecule has 20 heavy (non-hydrogen) atoms. The largest absolute Gasteiger partial charge is 0.390 e. The van der Waals surface area contributed by atoms with Crippen molar-refractivity contribution in [3.8, 4) is 0 Å². The highest BCUT2D eigenvalue weighted by Gasteiger charge is 2.33. The molecule has 2 aliphatic rings. The van der Waals surface area contributed by atoms with E-state index in [1.54, 1.807) is 0 Å². The molecule has 0 radical (unpaired) electrons. The molecule has 3 heteroatoms. The molecule has 0 aliphatic carbocycles. The lowest BCUT2D eigenvalue weighted by Gasteiger charge is -2.41. The molecule has 2 heterocycles. The molecular formula is C17H34N2O. The van der Waals surface area contributed by atoms with Gasteiger partial charge in [-0.2, -0.15) is 0 Å². The van der Waals surface area contributed by atoms with Crippen LogP contribution in [0.25, 0.3) is 0 Å². The number of hydrogen-bond donors (Lipinski definition) is 1. The summed E-state index contributed by atoms with van der Waals surface area (Å²) in [5.41, 5.74) is -0.368.